The highest BCUT2D eigenvalue weighted by atomic mass is 16.7. The van der Waals surface area contributed by atoms with E-state index >= 15 is 0 Å². The first-order valence-electron chi connectivity index (χ1n) is 7.00. The molecule has 110 valence electrons. The second kappa shape index (κ2) is 5.63. The summed E-state index contributed by atoms with van der Waals surface area (Å²) in [5.41, 5.74) is 0.345. The highest BCUT2D eigenvalue weighted by Gasteiger charge is 2.46. The molecule has 4 heteroatoms. The topological polar surface area (TPSA) is 41.6 Å². The zero-order chi connectivity index (χ0) is 14.8. The van der Waals surface area contributed by atoms with Gasteiger partial charge in [0.05, 0.1) is 6.61 Å². The van der Waals surface area contributed by atoms with Crippen molar-refractivity contribution < 1.29 is 9.63 Å². The van der Waals surface area contributed by atoms with Crippen molar-refractivity contribution in [3.05, 3.63) is 12.2 Å². The lowest BCUT2D eigenvalue weighted by atomic mass is 9.79. The molecule has 0 aromatic carbocycles. The number of hydrogen-bond acceptors (Lipinski definition) is 3. The molecular formula is C15H28N2O2. The number of carbonyl (C=O) groups is 1. The predicted octanol–water partition coefficient (Wildman–Crippen LogP) is 2.65. The van der Waals surface area contributed by atoms with Crippen molar-refractivity contribution in [2.75, 3.05) is 6.61 Å². The Morgan fingerprint density at radius 3 is 2.16 bits per heavy atom. The molecule has 19 heavy (non-hydrogen) atoms. The average molecular weight is 268 g/mol. The summed E-state index contributed by atoms with van der Waals surface area (Å²) >= 11 is 0. The van der Waals surface area contributed by atoms with Gasteiger partial charge in [-0.1, -0.05) is 6.58 Å². The van der Waals surface area contributed by atoms with E-state index in [1.54, 1.807) is 6.92 Å². The maximum Gasteiger partial charge on any atom is 0.246 e. The van der Waals surface area contributed by atoms with Crippen LogP contribution in [0.15, 0.2) is 12.2 Å². The van der Waals surface area contributed by atoms with Crippen LogP contribution in [0.2, 0.25) is 0 Å². The quantitative estimate of drug-likeness (QED) is 0.797. The molecule has 0 aromatic rings. The van der Waals surface area contributed by atoms with Gasteiger partial charge < -0.3 is 5.32 Å². The molecule has 1 amide bonds. The number of piperidine rings is 1. The van der Waals surface area contributed by atoms with Gasteiger partial charge in [0.1, 0.15) is 0 Å². The van der Waals surface area contributed by atoms with Crippen LogP contribution in [0.4, 0.5) is 0 Å². The number of hydroxylamine groups is 2. The highest BCUT2D eigenvalue weighted by Crippen LogP contribution is 2.38. The van der Waals surface area contributed by atoms with E-state index in [1.807, 2.05) is 6.92 Å². The Morgan fingerprint density at radius 1 is 1.32 bits per heavy atom. The fourth-order valence-electron chi connectivity index (χ4n) is 3.15. The minimum atomic E-state index is -0.106. The van der Waals surface area contributed by atoms with Crippen LogP contribution in [0.25, 0.3) is 0 Å². The van der Waals surface area contributed by atoms with E-state index in [1.165, 1.54) is 0 Å². The van der Waals surface area contributed by atoms with Gasteiger partial charge >= 0.3 is 0 Å². The number of nitrogens with zero attached hydrogens (tertiary/aromatic N) is 1. The number of hydrogen-bond donors (Lipinski definition) is 1. The number of carbonyl (C=O) groups excluding carboxylic acids is 1. The van der Waals surface area contributed by atoms with Gasteiger partial charge in [0.25, 0.3) is 0 Å². The molecule has 0 aliphatic carbocycles. The van der Waals surface area contributed by atoms with Crippen LogP contribution in [-0.4, -0.2) is 34.7 Å². The number of nitrogens with one attached hydrogen (secondary N) is 1. The van der Waals surface area contributed by atoms with Crippen LogP contribution < -0.4 is 5.32 Å². The molecule has 0 saturated carbocycles. The Morgan fingerprint density at radius 2 is 1.79 bits per heavy atom. The van der Waals surface area contributed by atoms with Gasteiger partial charge in [-0.05, 0) is 54.4 Å². The van der Waals surface area contributed by atoms with Gasteiger partial charge in [-0.3, -0.25) is 9.63 Å². The Kier molecular flexibility index (Phi) is 4.80. The van der Waals surface area contributed by atoms with E-state index in [0.717, 1.165) is 12.8 Å². The van der Waals surface area contributed by atoms with E-state index in [4.69, 9.17) is 4.84 Å². The summed E-state index contributed by atoms with van der Waals surface area (Å²) in [4.78, 5) is 17.6. The van der Waals surface area contributed by atoms with E-state index < -0.39 is 0 Å². The first-order chi connectivity index (χ1) is 8.60. The summed E-state index contributed by atoms with van der Waals surface area (Å²) < 4.78 is 0. The molecule has 0 spiro atoms. The van der Waals surface area contributed by atoms with Crippen molar-refractivity contribution in [2.24, 2.45) is 0 Å². The zero-order valence-corrected chi connectivity index (χ0v) is 13.2. The monoisotopic (exact) mass is 268 g/mol. The fourth-order valence-corrected chi connectivity index (χ4v) is 3.15. The molecule has 1 aliphatic heterocycles. The third-order valence-electron chi connectivity index (χ3n) is 3.57. The van der Waals surface area contributed by atoms with Crippen molar-refractivity contribution >= 4 is 5.91 Å². The summed E-state index contributed by atoms with van der Waals surface area (Å²) in [5.74, 6) is -0.0542. The van der Waals surface area contributed by atoms with Crippen molar-refractivity contribution in [3.63, 3.8) is 0 Å². The van der Waals surface area contributed by atoms with Crippen LogP contribution in [0.1, 0.15) is 54.4 Å². The summed E-state index contributed by atoms with van der Waals surface area (Å²) in [7, 11) is 0. The van der Waals surface area contributed by atoms with Crippen molar-refractivity contribution in [3.8, 4) is 0 Å². The van der Waals surface area contributed by atoms with Gasteiger partial charge in [0.2, 0.25) is 5.91 Å². The van der Waals surface area contributed by atoms with E-state index in [0.29, 0.717) is 12.2 Å². The number of rotatable bonds is 4. The Bertz CT molecular complexity index is 343. The van der Waals surface area contributed by atoms with Crippen LogP contribution in [0.5, 0.6) is 0 Å². The van der Waals surface area contributed by atoms with Crippen molar-refractivity contribution in [2.45, 2.75) is 71.5 Å². The maximum absolute atomic E-state index is 11.8. The number of amides is 1. The first-order valence-corrected chi connectivity index (χ1v) is 7.00. The Hall–Kier alpha value is -0.870. The van der Waals surface area contributed by atoms with Crippen LogP contribution in [0, 0.1) is 0 Å². The van der Waals surface area contributed by atoms with Gasteiger partial charge in [-0.2, -0.15) is 5.06 Å². The molecule has 0 bridgehead atoms. The maximum atomic E-state index is 11.8. The minimum absolute atomic E-state index is 0.0542. The highest BCUT2D eigenvalue weighted by molar-refractivity contribution is 5.92. The molecule has 0 aromatic heterocycles. The summed E-state index contributed by atoms with van der Waals surface area (Å²) in [6.45, 7) is 16.7. The molecule has 1 aliphatic rings. The molecule has 1 N–H and O–H groups in total. The van der Waals surface area contributed by atoms with E-state index in [9.17, 15) is 4.79 Å². The molecule has 1 fully saturated rings. The van der Waals surface area contributed by atoms with E-state index in [2.05, 4.69) is 44.7 Å². The van der Waals surface area contributed by atoms with Gasteiger partial charge in [0, 0.05) is 22.7 Å². The molecule has 1 heterocycles. The van der Waals surface area contributed by atoms with Crippen LogP contribution >= 0.6 is 0 Å². The summed E-state index contributed by atoms with van der Waals surface area (Å²) in [6, 6.07) is 0.158. The molecular weight excluding hydrogens is 240 g/mol. The fraction of sp³-hybridized carbons (Fsp3) is 0.800. The molecule has 0 unspecified atom stereocenters. The molecule has 1 rings (SSSR count). The SMILES string of the molecule is C=C(C)C(=O)NC1CC(C)(C)N(OCC)C(C)(C)C1. The lowest BCUT2D eigenvalue weighted by Gasteiger charge is -2.53. The lowest BCUT2D eigenvalue weighted by Crippen LogP contribution is -2.64. The zero-order valence-electron chi connectivity index (χ0n) is 13.2. The summed E-state index contributed by atoms with van der Waals surface area (Å²) in [5, 5.41) is 5.16. The Balaban J connectivity index is 2.84. The average Bonchev–Trinajstić information content (AvgIpc) is 2.22. The van der Waals surface area contributed by atoms with Gasteiger partial charge in [-0.15, -0.1) is 0 Å². The van der Waals surface area contributed by atoms with Crippen molar-refractivity contribution in [1.82, 2.24) is 10.4 Å². The van der Waals surface area contributed by atoms with Crippen LogP contribution in [-0.2, 0) is 9.63 Å². The summed E-state index contributed by atoms with van der Waals surface area (Å²) in [6.07, 6.45) is 1.74. The normalized spacial score (nSPS) is 23.1. The second-order valence-electron chi connectivity index (χ2n) is 6.70. The molecule has 4 nitrogen and oxygen atoms in total. The standard InChI is InChI=1S/C15H28N2O2/c1-8-19-17-14(4,5)9-12(10-15(17,6)7)16-13(18)11(2)3/h12H,2,8-10H2,1,3-7H3,(H,16,18). The van der Waals surface area contributed by atoms with Crippen LogP contribution in [0.3, 0.4) is 0 Å². The predicted molar refractivity (Wildman–Crippen MR) is 77.6 cm³/mol. The minimum Gasteiger partial charge on any atom is -0.349 e. The van der Waals surface area contributed by atoms with Gasteiger partial charge in [-0.25, -0.2) is 0 Å². The molecule has 1 saturated heterocycles. The third kappa shape index (κ3) is 3.80. The molecule has 0 radical (unpaired) electrons. The van der Waals surface area contributed by atoms with E-state index in [-0.39, 0.29) is 23.0 Å². The first kappa shape index (κ1) is 16.2. The van der Waals surface area contributed by atoms with Gasteiger partial charge in [0.15, 0.2) is 0 Å². The largest absolute Gasteiger partial charge is 0.349 e. The van der Waals surface area contributed by atoms with Crippen molar-refractivity contribution in [1.29, 1.82) is 0 Å². The third-order valence-corrected chi connectivity index (χ3v) is 3.57. The second-order valence-corrected chi connectivity index (χ2v) is 6.70. The smallest absolute Gasteiger partial charge is 0.246 e. The lowest BCUT2D eigenvalue weighted by molar-refractivity contribution is -0.281. The Labute approximate surface area is 117 Å². The molecule has 0 atom stereocenters.